The molecule has 0 aromatic carbocycles. The Morgan fingerprint density at radius 1 is 1.00 bits per heavy atom. The maximum atomic E-state index is 13.6. The molecule has 0 aromatic rings. The smallest absolute Gasteiger partial charge is 0.243 e. The summed E-state index contributed by atoms with van der Waals surface area (Å²) in [6, 6.07) is 0.0192. The van der Waals surface area contributed by atoms with E-state index >= 15 is 0 Å². The summed E-state index contributed by atoms with van der Waals surface area (Å²) < 4.78 is 0. The predicted octanol–water partition coefficient (Wildman–Crippen LogP) is 2.09. The van der Waals surface area contributed by atoms with Crippen LogP contribution in [0, 0.1) is 23.2 Å². The van der Waals surface area contributed by atoms with Gasteiger partial charge in [0, 0.05) is 19.1 Å². The number of hydrogen-bond donors (Lipinski definition) is 2. The zero-order valence-electron chi connectivity index (χ0n) is 15.5. The summed E-state index contributed by atoms with van der Waals surface area (Å²) in [7, 11) is 0. The highest BCUT2D eigenvalue weighted by molar-refractivity contribution is 5.91. The highest BCUT2D eigenvalue weighted by Gasteiger charge is 2.56. The van der Waals surface area contributed by atoms with Crippen LogP contribution in [0.15, 0.2) is 0 Å². The molecule has 5 nitrogen and oxygen atoms in total. The van der Waals surface area contributed by atoms with Crippen molar-refractivity contribution >= 4 is 24.2 Å². The van der Waals surface area contributed by atoms with Crippen LogP contribution in [0.25, 0.3) is 0 Å². The fourth-order valence-electron chi connectivity index (χ4n) is 7.03. The molecule has 2 atom stereocenters. The Morgan fingerprint density at radius 2 is 1.65 bits per heavy atom. The van der Waals surface area contributed by atoms with E-state index in [0.29, 0.717) is 5.91 Å². The monoisotopic (exact) mass is 381 g/mol. The molecule has 6 heteroatoms. The fourth-order valence-corrected chi connectivity index (χ4v) is 7.03. The SMILES string of the molecule is Cl.O=C(NC1CCNC1)C1CCCN1C(=O)C12CC3CC(CC(C3)C1)C2. The summed E-state index contributed by atoms with van der Waals surface area (Å²) >= 11 is 0. The molecule has 26 heavy (non-hydrogen) atoms. The quantitative estimate of drug-likeness (QED) is 0.786. The van der Waals surface area contributed by atoms with Gasteiger partial charge in [-0.1, -0.05) is 0 Å². The Kier molecular flexibility index (Phi) is 4.98. The summed E-state index contributed by atoms with van der Waals surface area (Å²) in [6.07, 6.45) is 10.1. The summed E-state index contributed by atoms with van der Waals surface area (Å²) in [4.78, 5) is 28.4. The average molecular weight is 382 g/mol. The van der Waals surface area contributed by atoms with Gasteiger partial charge in [0.05, 0.1) is 5.41 Å². The lowest BCUT2D eigenvalue weighted by atomic mass is 9.49. The van der Waals surface area contributed by atoms with Crippen molar-refractivity contribution in [2.24, 2.45) is 23.2 Å². The van der Waals surface area contributed by atoms with Crippen LogP contribution >= 0.6 is 12.4 Å². The normalized spacial score (nSPS) is 43.4. The lowest BCUT2D eigenvalue weighted by Crippen LogP contribution is -2.57. The average Bonchev–Trinajstić information content (AvgIpc) is 3.24. The number of rotatable bonds is 3. The van der Waals surface area contributed by atoms with Crippen molar-refractivity contribution in [1.82, 2.24) is 15.5 Å². The number of nitrogens with zero attached hydrogens (tertiary/aromatic N) is 1. The molecule has 2 heterocycles. The van der Waals surface area contributed by atoms with E-state index in [1.54, 1.807) is 0 Å². The van der Waals surface area contributed by atoms with Gasteiger partial charge < -0.3 is 15.5 Å². The van der Waals surface area contributed by atoms with Gasteiger partial charge >= 0.3 is 0 Å². The van der Waals surface area contributed by atoms with Gasteiger partial charge in [-0.3, -0.25) is 9.59 Å². The van der Waals surface area contributed by atoms with Crippen LogP contribution in [-0.2, 0) is 9.59 Å². The van der Waals surface area contributed by atoms with Crippen molar-refractivity contribution in [3.05, 3.63) is 0 Å². The Morgan fingerprint density at radius 3 is 2.23 bits per heavy atom. The molecule has 6 rings (SSSR count). The lowest BCUT2D eigenvalue weighted by Gasteiger charge is -2.56. The molecule has 146 valence electrons. The first-order valence-corrected chi connectivity index (χ1v) is 10.5. The summed E-state index contributed by atoms with van der Waals surface area (Å²) in [5.41, 5.74) is -0.119. The van der Waals surface area contributed by atoms with Crippen molar-refractivity contribution in [1.29, 1.82) is 0 Å². The van der Waals surface area contributed by atoms with Gasteiger partial charge in [0.2, 0.25) is 11.8 Å². The minimum Gasteiger partial charge on any atom is -0.350 e. The minimum absolute atomic E-state index is 0. The van der Waals surface area contributed by atoms with Crippen LogP contribution < -0.4 is 10.6 Å². The van der Waals surface area contributed by atoms with Crippen LogP contribution in [0.4, 0.5) is 0 Å². The van der Waals surface area contributed by atoms with Crippen LogP contribution in [-0.4, -0.2) is 48.4 Å². The molecule has 0 aromatic heterocycles. The van der Waals surface area contributed by atoms with Crippen LogP contribution in [0.5, 0.6) is 0 Å². The van der Waals surface area contributed by atoms with E-state index in [9.17, 15) is 9.59 Å². The van der Waals surface area contributed by atoms with Gasteiger partial charge in [-0.15, -0.1) is 12.4 Å². The van der Waals surface area contributed by atoms with Crippen LogP contribution in [0.1, 0.15) is 57.8 Å². The zero-order valence-corrected chi connectivity index (χ0v) is 16.4. The number of hydrogen-bond acceptors (Lipinski definition) is 3. The summed E-state index contributed by atoms with van der Waals surface area (Å²) in [5, 5.41) is 6.48. The predicted molar refractivity (Wildman–Crippen MR) is 102 cm³/mol. The Bertz CT molecular complexity index is 540. The second kappa shape index (κ2) is 6.97. The maximum absolute atomic E-state index is 13.6. The molecule has 6 fully saturated rings. The number of amides is 2. The lowest BCUT2D eigenvalue weighted by molar-refractivity contribution is -0.160. The van der Waals surface area contributed by atoms with Crippen molar-refractivity contribution in [3.8, 4) is 0 Å². The van der Waals surface area contributed by atoms with Gasteiger partial charge in [0.25, 0.3) is 0 Å². The fraction of sp³-hybridized carbons (Fsp3) is 0.900. The van der Waals surface area contributed by atoms with Gasteiger partial charge in [0.1, 0.15) is 6.04 Å². The van der Waals surface area contributed by atoms with E-state index in [2.05, 4.69) is 10.6 Å². The first kappa shape index (κ1) is 18.5. The molecule has 0 radical (unpaired) electrons. The molecule has 2 N–H and O–H groups in total. The second-order valence-electron chi connectivity index (χ2n) is 9.55. The van der Waals surface area contributed by atoms with E-state index < -0.39 is 0 Å². The zero-order chi connectivity index (χ0) is 17.0. The van der Waals surface area contributed by atoms with Crippen molar-refractivity contribution in [2.45, 2.75) is 69.9 Å². The van der Waals surface area contributed by atoms with Crippen LogP contribution in [0.2, 0.25) is 0 Å². The molecule has 0 spiro atoms. The van der Waals surface area contributed by atoms with E-state index in [4.69, 9.17) is 0 Å². The first-order valence-electron chi connectivity index (χ1n) is 10.5. The van der Waals surface area contributed by atoms with E-state index in [0.717, 1.165) is 75.9 Å². The highest BCUT2D eigenvalue weighted by Crippen LogP contribution is 2.60. The van der Waals surface area contributed by atoms with Crippen molar-refractivity contribution in [3.63, 3.8) is 0 Å². The molecule has 6 aliphatic rings. The largest absolute Gasteiger partial charge is 0.350 e. The highest BCUT2D eigenvalue weighted by atomic mass is 35.5. The Labute approximate surface area is 162 Å². The third kappa shape index (κ3) is 3.05. The standard InChI is InChI=1S/C20H31N3O2.ClH/c24-18(22-16-3-4-21-12-16)17-2-1-5-23(17)19(25)20-9-13-6-14(10-20)8-15(7-13)11-20;/h13-17,21H,1-12H2,(H,22,24);1H. The molecule has 2 aliphatic heterocycles. The number of nitrogens with one attached hydrogen (secondary N) is 2. The van der Waals surface area contributed by atoms with Gasteiger partial charge in [-0.25, -0.2) is 0 Å². The van der Waals surface area contributed by atoms with Crippen LogP contribution in [0.3, 0.4) is 0 Å². The Hall–Kier alpha value is -0.810. The topological polar surface area (TPSA) is 61.4 Å². The van der Waals surface area contributed by atoms with E-state index in [1.807, 2.05) is 4.90 Å². The second-order valence-corrected chi connectivity index (χ2v) is 9.55. The molecular formula is C20H32ClN3O2. The first-order chi connectivity index (χ1) is 12.1. The number of halogens is 1. The molecule has 2 saturated heterocycles. The minimum atomic E-state index is -0.221. The Balaban J connectivity index is 0.00000168. The van der Waals surface area contributed by atoms with Crippen molar-refractivity contribution in [2.75, 3.05) is 19.6 Å². The van der Waals surface area contributed by atoms with Gasteiger partial charge in [-0.2, -0.15) is 0 Å². The molecular weight excluding hydrogens is 350 g/mol. The molecule has 2 amide bonds. The van der Waals surface area contributed by atoms with Crippen molar-refractivity contribution < 1.29 is 9.59 Å². The third-order valence-corrected chi connectivity index (χ3v) is 7.71. The molecule has 2 unspecified atom stereocenters. The summed E-state index contributed by atoms with van der Waals surface area (Å²) in [6.45, 7) is 2.62. The third-order valence-electron chi connectivity index (χ3n) is 7.71. The molecule has 4 bridgehead atoms. The summed E-state index contributed by atoms with van der Waals surface area (Å²) in [5.74, 6) is 2.73. The van der Waals surface area contributed by atoms with Gasteiger partial charge in [0.15, 0.2) is 0 Å². The number of likely N-dealkylation sites (tertiary alicyclic amines) is 1. The molecule has 4 saturated carbocycles. The molecule has 4 aliphatic carbocycles. The van der Waals surface area contributed by atoms with E-state index in [1.165, 1.54) is 19.3 Å². The van der Waals surface area contributed by atoms with Gasteiger partial charge in [-0.05, 0) is 82.1 Å². The number of carbonyl (C=O) groups is 2. The maximum Gasteiger partial charge on any atom is 0.243 e. The van der Waals surface area contributed by atoms with E-state index in [-0.39, 0.29) is 35.8 Å². The number of carbonyl (C=O) groups excluding carboxylic acids is 2.